The molecule has 1 aromatic carbocycles. The largest absolute Gasteiger partial charge is 0.493 e. The van der Waals surface area contributed by atoms with Gasteiger partial charge in [-0.05, 0) is 43.2 Å². The lowest BCUT2D eigenvalue weighted by Crippen LogP contribution is -2.33. The van der Waals surface area contributed by atoms with Crippen molar-refractivity contribution >= 4 is 41.3 Å². The summed E-state index contributed by atoms with van der Waals surface area (Å²) in [5, 5.41) is 3.13. The van der Waals surface area contributed by atoms with Crippen LogP contribution in [0.15, 0.2) is 35.3 Å². The number of halogens is 1. The van der Waals surface area contributed by atoms with Gasteiger partial charge in [0.25, 0.3) is 0 Å². The zero-order valence-electron chi connectivity index (χ0n) is 14.2. The molecule has 5 nitrogen and oxygen atoms in total. The number of rotatable bonds is 7. The van der Waals surface area contributed by atoms with Crippen molar-refractivity contribution in [1.82, 2.24) is 5.32 Å². The Hall–Kier alpha value is -1.48. The highest BCUT2D eigenvalue weighted by Gasteiger charge is 2.04. The van der Waals surface area contributed by atoms with Gasteiger partial charge >= 0.3 is 0 Å². The maximum Gasteiger partial charge on any atom is 0.188 e. The number of aliphatic imine (C=N–C) groups is 1. The van der Waals surface area contributed by atoms with E-state index in [0.717, 1.165) is 23.5 Å². The monoisotopic (exact) mass is 461 g/mol. The summed E-state index contributed by atoms with van der Waals surface area (Å²) in [5.41, 5.74) is 7.04. The number of thiophene rings is 1. The van der Waals surface area contributed by atoms with Gasteiger partial charge in [-0.2, -0.15) is 0 Å². The van der Waals surface area contributed by atoms with Gasteiger partial charge in [0.15, 0.2) is 17.5 Å². The van der Waals surface area contributed by atoms with Crippen molar-refractivity contribution < 1.29 is 9.47 Å². The molecule has 0 amide bonds. The van der Waals surface area contributed by atoms with Gasteiger partial charge in [-0.15, -0.1) is 35.3 Å². The van der Waals surface area contributed by atoms with Crippen LogP contribution >= 0.6 is 35.3 Å². The van der Waals surface area contributed by atoms with E-state index in [1.807, 2.05) is 18.2 Å². The molecule has 0 aliphatic carbocycles. The van der Waals surface area contributed by atoms with Crippen LogP contribution in [-0.2, 0) is 13.0 Å². The normalized spacial score (nSPS) is 10.9. The molecule has 0 atom stereocenters. The molecular weight excluding hydrogens is 437 g/mol. The molecule has 0 saturated carbocycles. The van der Waals surface area contributed by atoms with Crippen LogP contribution in [0.1, 0.15) is 15.3 Å². The molecule has 0 fully saturated rings. The predicted octanol–water partition coefficient (Wildman–Crippen LogP) is 3.34. The lowest BCUT2D eigenvalue weighted by atomic mass is 10.1. The van der Waals surface area contributed by atoms with Crippen molar-refractivity contribution in [2.75, 3.05) is 20.8 Å². The van der Waals surface area contributed by atoms with E-state index in [0.29, 0.717) is 19.0 Å². The van der Waals surface area contributed by atoms with Gasteiger partial charge in [-0.25, -0.2) is 4.99 Å². The summed E-state index contributed by atoms with van der Waals surface area (Å²) in [6.45, 7) is 3.42. The molecule has 24 heavy (non-hydrogen) atoms. The van der Waals surface area contributed by atoms with Crippen molar-refractivity contribution in [3.05, 3.63) is 45.6 Å². The van der Waals surface area contributed by atoms with Gasteiger partial charge in [0.05, 0.1) is 20.8 Å². The fraction of sp³-hybridized carbons (Fsp3) is 0.353. The molecule has 2 rings (SSSR count). The Labute approximate surface area is 164 Å². The molecule has 0 radical (unpaired) electrons. The van der Waals surface area contributed by atoms with E-state index in [2.05, 4.69) is 29.4 Å². The van der Waals surface area contributed by atoms with E-state index in [1.54, 1.807) is 25.6 Å². The van der Waals surface area contributed by atoms with E-state index in [1.165, 1.54) is 9.75 Å². The molecule has 0 unspecified atom stereocenters. The molecule has 132 valence electrons. The Balaban J connectivity index is 0.00000288. The van der Waals surface area contributed by atoms with Gasteiger partial charge < -0.3 is 20.5 Å². The van der Waals surface area contributed by atoms with Crippen LogP contribution in [0.4, 0.5) is 0 Å². The number of benzene rings is 1. The van der Waals surface area contributed by atoms with E-state index in [9.17, 15) is 0 Å². The first-order chi connectivity index (χ1) is 11.1. The lowest BCUT2D eigenvalue weighted by molar-refractivity contribution is 0.354. The summed E-state index contributed by atoms with van der Waals surface area (Å²) < 4.78 is 10.5. The average Bonchev–Trinajstić information content (AvgIpc) is 2.98. The second-order valence-corrected chi connectivity index (χ2v) is 6.45. The molecule has 1 aromatic heterocycles. The van der Waals surface area contributed by atoms with Gasteiger partial charge in [-0.3, -0.25) is 0 Å². The van der Waals surface area contributed by atoms with Gasteiger partial charge in [-0.1, -0.05) is 6.07 Å². The molecule has 3 N–H and O–H groups in total. The summed E-state index contributed by atoms with van der Waals surface area (Å²) in [6.07, 6.45) is 0.828. The standard InChI is InChI=1S/C17H23N3O2S.HI/c1-12-4-6-14(23-12)11-20-17(18)19-9-8-13-5-7-15(21-2)16(10-13)22-3;/h4-7,10H,8-9,11H2,1-3H3,(H3,18,19,20);1H. The van der Waals surface area contributed by atoms with Crippen LogP contribution in [-0.4, -0.2) is 26.7 Å². The summed E-state index contributed by atoms with van der Waals surface area (Å²) in [7, 11) is 3.27. The van der Waals surface area contributed by atoms with E-state index in [-0.39, 0.29) is 24.0 Å². The van der Waals surface area contributed by atoms with Crippen molar-refractivity contribution in [2.24, 2.45) is 10.7 Å². The summed E-state index contributed by atoms with van der Waals surface area (Å²) in [4.78, 5) is 6.85. The molecular formula is C17H24IN3O2S. The summed E-state index contributed by atoms with van der Waals surface area (Å²) in [5.74, 6) is 1.94. The minimum absolute atomic E-state index is 0. The minimum Gasteiger partial charge on any atom is -0.493 e. The number of nitrogens with one attached hydrogen (secondary N) is 1. The number of aryl methyl sites for hydroxylation is 1. The minimum atomic E-state index is 0. The van der Waals surface area contributed by atoms with Crippen molar-refractivity contribution in [2.45, 2.75) is 19.9 Å². The van der Waals surface area contributed by atoms with Crippen LogP contribution in [0.2, 0.25) is 0 Å². The first-order valence-electron chi connectivity index (χ1n) is 7.42. The molecule has 0 spiro atoms. The topological polar surface area (TPSA) is 68.9 Å². The summed E-state index contributed by atoms with van der Waals surface area (Å²) >= 11 is 1.74. The number of ether oxygens (including phenoxy) is 2. The Bertz CT molecular complexity index is 674. The quantitative estimate of drug-likeness (QED) is 0.377. The fourth-order valence-electron chi connectivity index (χ4n) is 2.16. The highest BCUT2D eigenvalue weighted by Crippen LogP contribution is 2.27. The number of guanidine groups is 1. The van der Waals surface area contributed by atoms with Gasteiger partial charge in [0, 0.05) is 16.3 Å². The highest BCUT2D eigenvalue weighted by molar-refractivity contribution is 14.0. The zero-order chi connectivity index (χ0) is 16.7. The van der Waals surface area contributed by atoms with Crippen molar-refractivity contribution in [3.63, 3.8) is 0 Å². The van der Waals surface area contributed by atoms with Crippen LogP contribution in [0.3, 0.4) is 0 Å². The number of nitrogens with zero attached hydrogens (tertiary/aromatic N) is 1. The van der Waals surface area contributed by atoms with Crippen LogP contribution in [0, 0.1) is 6.92 Å². The molecule has 0 bridgehead atoms. The maximum absolute atomic E-state index is 5.89. The number of hydrogen-bond donors (Lipinski definition) is 2. The summed E-state index contributed by atoms with van der Waals surface area (Å²) in [6, 6.07) is 10.1. The maximum atomic E-state index is 5.89. The molecule has 1 heterocycles. The third-order valence-corrected chi connectivity index (χ3v) is 4.35. The first kappa shape index (κ1) is 20.6. The molecule has 0 aliphatic heterocycles. The lowest BCUT2D eigenvalue weighted by Gasteiger charge is -2.10. The van der Waals surface area contributed by atoms with E-state index in [4.69, 9.17) is 15.2 Å². The second-order valence-electron chi connectivity index (χ2n) is 5.08. The number of methoxy groups -OCH3 is 2. The average molecular weight is 461 g/mol. The Kier molecular flexibility index (Phi) is 8.91. The Morgan fingerprint density at radius 1 is 1.17 bits per heavy atom. The number of nitrogens with two attached hydrogens (primary N) is 1. The third kappa shape index (κ3) is 6.20. The third-order valence-electron chi connectivity index (χ3n) is 3.37. The Morgan fingerprint density at radius 3 is 2.54 bits per heavy atom. The second kappa shape index (κ2) is 10.4. The number of hydrogen-bond acceptors (Lipinski definition) is 4. The van der Waals surface area contributed by atoms with E-state index >= 15 is 0 Å². The van der Waals surface area contributed by atoms with Crippen LogP contribution < -0.4 is 20.5 Å². The van der Waals surface area contributed by atoms with Crippen LogP contribution in [0.25, 0.3) is 0 Å². The van der Waals surface area contributed by atoms with E-state index < -0.39 is 0 Å². The first-order valence-corrected chi connectivity index (χ1v) is 8.24. The van der Waals surface area contributed by atoms with Crippen molar-refractivity contribution in [1.29, 1.82) is 0 Å². The molecule has 2 aromatic rings. The fourth-order valence-corrected chi connectivity index (χ4v) is 2.97. The Morgan fingerprint density at radius 2 is 1.92 bits per heavy atom. The van der Waals surface area contributed by atoms with Crippen molar-refractivity contribution in [3.8, 4) is 11.5 Å². The molecule has 0 saturated heterocycles. The molecule has 7 heteroatoms. The van der Waals surface area contributed by atoms with Gasteiger partial charge in [0.1, 0.15) is 0 Å². The van der Waals surface area contributed by atoms with Gasteiger partial charge in [0.2, 0.25) is 0 Å². The highest BCUT2D eigenvalue weighted by atomic mass is 127. The predicted molar refractivity (Wildman–Crippen MR) is 111 cm³/mol. The molecule has 0 aliphatic rings. The smallest absolute Gasteiger partial charge is 0.188 e. The van der Waals surface area contributed by atoms with Crippen LogP contribution in [0.5, 0.6) is 11.5 Å². The zero-order valence-corrected chi connectivity index (χ0v) is 17.3. The SMILES string of the molecule is COc1ccc(CCNC(N)=NCc2ccc(C)s2)cc1OC.I.